The largest absolute Gasteiger partial charge is 0.356 e. The van der Waals surface area contributed by atoms with Crippen LogP contribution in [0.2, 0.25) is 0 Å². The van der Waals surface area contributed by atoms with Crippen molar-refractivity contribution in [2.24, 2.45) is 0 Å². The zero-order chi connectivity index (χ0) is 20.9. The van der Waals surface area contributed by atoms with Crippen LogP contribution in [-0.4, -0.2) is 30.7 Å². The average Bonchev–Trinajstić information content (AvgIpc) is 2.97. The number of sulfonamides is 1. The Morgan fingerprint density at radius 2 is 1.83 bits per heavy atom. The Morgan fingerprint density at radius 3 is 2.53 bits per heavy atom. The maximum atomic E-state index is 13.1. The molecule has 0 amide bonds. The molecular formula is C21H25N3O5S. The second-order valence-corrected chi connectivity index (χ2v) is 9.85. The average molecular weight is 432 g/mol. The van der Waals surface area contributed by atoms with Crippen molar-refractivity contribution in [1.82, 2.24) is 14.7 Å². The standard InChI is InChI=1S/C21H25N3O5S/c1-12-28-21(29-12)16-11-22-19-18(16)15-10-14(8-9-17(15)23-20(19)25)30(26,27)24-13-6-4-2-3-5-7-13/h8-13,21-22,24H,2-7H2,1H3,(H,23,25). The zero-order valence-electron chi connectivity index (χ0n) is 16.7. The van der Waals surface area contributed by atoms with Crippen LogP contribution in [0.5, 0.6) is 0 Å². The summed E-state index contributed by atoms with van der Waals surface area (Å²) in [5, 5.41) is 1.26. The van der Waals surface area contributed by atoms with Crippen LogP contribution < -0.4 is 10.3 Å². The van der Waals surface area contributed by atoms with E-state index in [9.17, 15) is 13.2 Å². The van der Waals surface area contributed by atoms with Gasteiger partial charge >= 0.3 is 0 Å². The molecular weight excluding hydrogens is 406 g/mol. The highest BCUT2D eigenvalue weighted by Gasteiger charge is 2.32. The van der Waals surface area contributed by atoms with Gasteiger partial charge < -0.3 is 19.4 Å². The van der Waals surface area contributed by atoms with Gasteiger partial charge in [-0.3, -0.25) is 4.79 Å². The van der Waals surface area contributed by atoms with Crippen LogP contribution in [0.25, 0.3) is 21.8 Å². The predicted octanol–water partition coefficient (Wildman–Crippen LogP) is 3.40. The summed E-state index contributed by atoms with van der Waals surface area (Å²) in [5.74, 6) is 0. The molecule has 2 aliphatic rings. The summed E-state index contributed by atoms with van der Waals surface area (Å²) in [6, 6.07) is 4.75. The van der Waals surface area contributed by atoms with Crippen molar-refractivity contribution in [1.29, 1.82) is 0 Å². The second-order valence-electron chi connectivity index (χ2n) is 8.14. The van der Waals surface area contributed by atoms with Crippen LogP contribution in [0.15, 0.2) is 34.1 Å². The summed E-state index contributed by atoms with van der Waals surface area (Å²) in [7, 11) is -3.68. The fourth-order valence-corrected chi connectivity index (χ4v) is 5.81. The van der Waals surface area contributed by atoms with Crippen molar-refractivity contribution < 1.29 is 17.9 Å². The highest BCUT2D eigenvalue weighted by atomic mass is 32.2. The van der Waals surface area contributed by atoms with Gasteiger partial charge in [-0.05, 0) is 38.0 Å². The molecule has 8 nitrogen and oxygen atoms in total. The number of H-pyrrole nitrogens is 2. The SMILES string of the molecule is CC1OC(c2c[nH]c3c(=O)[nH]c4ccc(S(=O)(=O)NC5CCCCCC5)cc4c23)O1. The van der Waals surface area contributed by atoms with Crippen LogP contribution >= 0.6 is 0 Å². The third kappa shape index (κ3) is 3.45. The fourth-order valence-electron chi connectivity index (χ4n) is 4.47. The molecule has 3 N–H and O–H groups in total. The summed E-state index contributed by atoms with van der Waals surface area (Å²) in [5.41, 5.74) is 1.35. The number of rotatable bonds is 4. The van der Waals surface area contributed by atoms with Gasteiger partial charge in [-0.1, -0.05) is 25.7 Å². The van der Waals surface area contributed by atoms with E-state index in [2.05, 4.69) is 14.7 Å². The molecule has 1 aliphatic carbocycles. The first-order valence-corrected chi connectivity index (χ1v) is 11.9. The van der Waals surface area contributed by atoms with Crippen molar-refractivity contribution in [2.45, 2.75) is 69.0 Å². The molecule has 0 unspecified atom stereocenters. The van der Waals surface area contributed by atoms with Crippen LogP contribution in [0.4, 0.5) is 0 Å². The maximum Gasteiger partial charge on any atom is 0.272 e. The quantitative estimate of drug-likeness (QED) is 0.548. The molecule has 1 saturated heterocycles. The van der Waals surface area contributed by atoms with Crippen molar-refractivity contribution in [3.8, 4) is 0 Å². The molecule has 0 atom stereocenters. The number of hydrogen-bond acceptors (Lipinski definition) is 5. The molecule has 30 heavy (non-hydrogen) atoms. The van der Waals surface area contributed by atoms with Crippen LogP contribution in [0, 0.1) is 0 Å². The number of hydrogen-bond donors (Lipinski definition) is 3. The highest BCUT2D eigenvalue weighted by molar-refractivity contribution is 7.89. The van der Waals surface area contributed by atoms with E-state index >= 15 is 0 Å². The molecule has 1 aliphatic heterocycles. The molecule has 5 rings (SSSR count). The lowest BCUT2D eigenvalue weighted by molar-refractivity contribution is -0.382. The van der Waals surface area contributed by atoms with Crippen molar-refractivity contribution >= 4 is 31.8 Å². The van der Waals surface area contributed by atoms with Gasteiger partial charge in [0.05, 0.1) is 4.90 Å². The van der Waals surface area contributed by atoms with Gasteiger partial charge in [0.15, 0.2) is 12.6 Å². The number of fused-ring (bicyclic) bond motifs is 3. The molecule has 2 fully saturated rings. The van der Waals surface area contributed by atoms with Crippen molar-refractivity contribution in [3.63, 3.8) is 0 Å². The minimum absolute atomic E-state index is 0.0371. The lowest BCUT2D eigenvalue weighted by Gasteiger charge is -2.33. The number of ether oxygens (including phenoxy) is 2. The molecule has 0 spiro atoms. The van der Waals surface area contributed by atoms with E-state index in [4.69, 9.17) is 9.47 Å². The second kappa shape index (κ2) is 7.49. The number of aromatic amines is 2. The van der Waals surface area contributed by atoms with Gasteiger partial charge in [0.25, 0.3) is 5.56 Å². The van der Waals surface area contributed by atoms with Crippen LogP contribution in [-0.2, 0) is 19.5 Å². The highest BCUT2D eigenvalue weighted by Crippen LogP contribution is 2.37. The van der Waals surface area contributed by atoms with E-state index in [0.717, 1.165) is 38.5 Å². The Hall–Kier alpha value is -2.20. The number of pyridine rings is 1. The molecule has 3 heterocycles. The molecule has 160 valence electrons. The monoisotopic (exact) mass is 431 g/mol. The molecule has 3 aromatic rings. The molecule has 9 heteroatoms. The summed E-state index contributed by atoms with van der Waals surface area (Å²) >= 11 is 0. The van der Waals surface area contributed by atoms with Gasteiger partial charge in [-0.15, -0.1) is 0 Å². The van der Waals surface area contributed by atoms with E-state index in [1.54, 1.807) is 25.3 Å². The normalized spacial score (nSPS) is 23.5. The fraction of sp³-hybridized carbons (Fsp3) is 0.476. The number of benzene rings is 1. The summed E-state index contributed by atoms with van der Waals surface area (Å²) in [4.78, 5) is 18.5. The van der Waals surface area contributed by atoms with Gasteiger partial charge in [-0.2, -0.15) is 0 Å². The number of aromatic nitrogens is 2. The van der Waals surface area contributed by atoms with Gasteiger partial charge in [-0.25, -0.2) is 13.1 Å². The predicted molar refractivity (Wildman–Crippen MR) is 113 cm³/mol. The first-order chi connectivity index (χ1) is 14.4. The van der Waals surface area contributed by atoms with Gasteiger partial charge in [0.2, 0.25) is 10.0 Å². The lowest BCUT2D eigenvalue weighted by Crippen LogP contribution is -2.34. The molecule has 1 aromatic carbocycles. The third-order valence-electron chi connectivity index (χ3n) is 6.02. The molecule has 2 aromatic heterocycles. The molecule has 0 radical (unpaired) electrons. The van der Waals surface area contributed by atoms with E-state index in [1.165, 1.54) is 6.07 Å². The Morgan fingerprint density at radius 1 is 1.10 bits per heavy atom. The first kappa shape index (κ1) is 19.7. The first-order valence-electron chi connectivity index (χ1n) is 10.4. The van der Waals surface area contributed by atoms with E-state index in [0.29, 0.717) is 27.4 Å². The Labute approximate surface area is 174 Å². The molecule has 1 saturated carbocycles. The Balaban J connectivity index is 1.59. The molecule has 0 bridgehead atoms. The smallest absolute Gasteiger partial charge is 0.272 e. The minimum Gasteiger partial charge on any atom is -0.356 e. The van der Waals surface area contributed by atoms with Gasteiger partial charge in [0.1, 0.15) is 5.52 Å². The topological polar surface area (TPSA) is 113 Å². The minimum atomic E-state index is -3.68. The third-order valence-corrected chi connectivity index (χ3v) is 7.54. The van der Waals surface area contributed by atoms with E-state index < -0.39 is 16.3 Å². The zero-order valence-corrected chi connectivity index (χ0v) is 17.6. The van der Waals surface area contributed by atoms with Gasteiger partial charge in [0, 0.05) is 34.1 Å². The summed E-state index contributed by atoms with van der Waals surface area (Å²) < 4.78 is 40.3. The van der Waals surface area contributed by atoms with Crippen LogP contribution in [0.3, 0.4) is 0 Å². The summed E-state index contributed by atoms with van der Waals surface area (Å²) in [6.45, 7) is 1.79. The summed E-state index contributed by atoms with van der Waals surface area (Å²) in [6.07, 6.45) is 6.90. The Bertz CT molecular complexity index is 1250. The van der Waals surface area contributed by atoms with Crippen molar-refractivity contribution in [3.05, 3.63) is 40.3 Å². The van der Waals surface area contributed by atoms with Crippen molar-refractivity contribution in [2.75, 3.05) is 0 Å². The maximum absolute atomic E-state index is 13.1. The lowest BCUT2D eigenvalue weighted by atomic mass is 10.1. The van der Waals surface area contributed by atoms with Crippen LogP contribution in [0.1, 0.15) is 57.3 Å². The van der Waals surface area contributed by atoms with E-state index in [-0.39, 0.29) is 22.8 Å². The number of nitrogens with one attached hydrogen (secondary N) is 3. The Kier molecular flexibility index (Phi) is 4.93. The van der Waals surface area contributed by atoms with E-state index in [1.807, 2.05) is 0 Å².